The average Bonchev–Trinajstić information content (AvgIpc) is 2.81. The van der Waals surface area contributed by atoms with Crippen molar-refractivity contribution in [3.05, 3.63) is 6.20 Å². The number of hydrogen-bond acceptors (Lipinski definition) is 6. The molecule has 0 aliphatic carbocycles. The Kier molecular flexibility index (Phi) is 3.43. The molecule has 0 aromatic carbocycles. The maximum absolute atomic E-state index is 12.0. The van der Waals surface area contributed by atoms with Crippen molar-refractivity contribution in [2.75, 3.05) is 23.7 Å². The van der Waals surface area contributed by atoms with E-state index < -0.39 is 15.1 Å². The van der Waals surface area contributed by atoms with Crippen molar-refractivity contribution in [3.63, 3.8) is 0 Å². The van der Waals surface area contributed by atoms with E-state index >= 15 is 0 Å². The van der Waals surface area contributed by atoms with Gasteiger partial charge >= 0.3 is 0 Å². The van der Waals surface area contributed by atoms with Gasteiger partial charge in [0.05, 0.1) is 11.4 Å². The molecule has 0 amide bonds. The second kappa shape index (κ2) is 4.72. The van der Waals surface area contributed by atoms with Crippen LogP contribution in [0.5, 0.6) is 0 Å². The van der Waals surface area contributed by atoms with E-state index in [1.54, 1.807) is 13.8 Å². The lowest BCUT2D eigenvalue weighted by molar-refractivity contribution is 0.587. The maximum Gasteiger partial charge on any atom is 0.227 e. The molecule has 0 radical (unpaired) electrons. The topological polar surface area (TPSA) is 89.2 Å². The van der Waals surface area contributed by atoms with E-state index in [0.717, 1.165) is 25.9 Å². The van der Waals surface area contributed by atoms with Gasteiger partial charge in [-0.25, -0.2) is 13.4 Å². The second-order valence-corrected chi connectivity index (χ2v) is 7.18. The molecule has 1 fully saturated rings. The monoisotopic (exact) mass is 270 g/mol. The van der Waals surface area contributed by atoms with Gasteiger partial charge in [-0.3, -0.25) is 0 Å². The predicted octanol–water partition coefficient (Wildman–Crippen LogP) is 0.841. The van der Waals surface area contributed by atoms with Gasteiger partial charge in [0, 0.05) is 13.1 Å². The molecule has 0 bridgehead atoms. The molecule has 0 unspecified atom stereocenters. The Morgan fingerprint density at radius 2 is 1.94 bits per heavy atom. The Bertz CT molecular complexity index is 536. The fourth-order valence-corrected chi connectivity index (χ4v) is 2.96. The van der Waals surface area contributed by atoms with Crippen molar-refractivity contribution in [2.24, 2.45) is 0 Å². The highest BCUT2D eigenvalue weighted by atomic mass is 32.2. The van der Waals surface area contributed by atoms with Crippen LogP contribution in [-0.4, -0.2) is 36.7 Å². The SMILES string of the molecule is CC(C)S(=O)(=O)c1cnc(N2CCCC2)nc1N. The fraction of sp³-hybridized carbons (Fsp3) is 0.636. The van der Waals surface area contributed by atoms with Crippen molar-refractivity contribution in [1.29, 1.82) is 0 Å². The number of nitrogens with zero attached hydrogens (tertiary/aromatic N) is 3. The first-order valence-electron chi connectivity index (χ1n) is 6.04. The van der Waals surface area contributed by atoms with Crippen LogP contribution in [0.15, 0.2) is 11.1 Å². The third-order valence-corrected chi connectivity index (χ3v) is 5.26. The van der Waals surface area contributed by atoms with Crippen molar-refractivity contribution < 1.29 is 8.42 Å². The van der Waals surface area contributed by atoms with E-state index in [9.17, 15) is 8.42 Å². The van der Waals surface area contributed by atoms with Gasteiger partial charge in [-0.05, 0) is 26.7 Å². The minimum absolute atomic E-state index is 0.0282. The van der Waals surface area contributed by atoms with Crippen molar-refractivity contribution in [2.45, 2.75) is 36.8 Å². The largest absolute Gasteiger partial charge is 0.382 e. The Morgan fingerprint density at radius 3 is 2.44 bits per heavy atom. The molecule has 2 heterocycles. The smallest absolute Gasteiger partial charge is 0.227 e. The standard InChI is InChI=1S/C11H18N4O2S/c1-8(2)18(16,17)9-7-13-11(14-10(9)12)15-5-3-4-6-15/h7-8H,3-6H2,1-2H3,(H2,12,13,14). The van der Waals surface area contributed by atoms with E-state index in [1.165, 1.54) is 6.20 Å². The van der Waals surface area contributed by atoms with Crippen molar-refractivity contribution in [1.82, 2.24) is 9.97 Å². The van der Waals surface area contributed by atoms with Gasteiger partial charge in [0.1, 0.15) is 10.7 Å². The number of nitrogen functional groups attached to an aromatic ring is 1. The zero-order valence-electron chi connectivity index (χ0n) is 10.6. The van der Waals surface area contributed by atoms with Gasteiger partial charge in [-0.1, -0.05) is 0 Å². The molecule has 1 aromatic rings. The van der Waals surface area contributed by atoms with Gasteiger partial charge < -0.3 is 10.6 Å². The van der Waals surface area contributed by atoms with Gasteiger partial charge in [0.2, 0.25) is 5.95 Å². The first-order chi connectivity index (χ1) is 8.43. The zero-order valence-corrected chi connectivity index (χ0v) is 11.4. The molecule has 1 aromatic heterocycles. The van der Waals surface area contributed by atoms with E-state index in [1.807, 2.05) is 4.90 Å². The number of anilines is 2. The summed E-state index contributed by atoms with van der Waals surface area (Å²) in [6.45, 7) is 5.03. The normalized spacial score (nSPS) is 16.5. The molecule has 100 valence electrons. The van der Waals surface area contributed by atoms with Crippen LogP contribution >= 0.6 is 0 Å². The van der Waals surface area contributed by atoms with Gasteiger partial charge in [-0.15, -0.1) is 0 Å². The van der Waals surface area contributed by atoms with Crippen LogP contribution in [0.4, 0.5) is 11.8 Å². The summed E-state index contributed by atoms with van der Waals surface area (Å²) in [6, 6.07) is 0. The van der Waals surface area contributed by atoms with Crippen LogP contribution in [0.25, 0.3) is 0 Å². The summed E-state index contributed by atoms with van der Waals surface area (Å²) in [5.41, 5.74) is 5.76. The van der Waals surface area contributed by atoms with Gasteiger partial charge in [0.25, 0.3) is 0 Å². The highest BCUT2D eigenvalue weighted by Crippen LogP contribution is 2.23. The van der Waals surface area contributed by atoms with Gasteiger partial charge in [-0.2, -0.15) is 4.98 Å². The zero-order chi connectivity index (χ0) is 13.3. The fourth-order valence-electron chi connectivity index (χ4n) is 1.92. The summed E-state index contributed by atoms with van der Waals surface area (Å²) < 4.78 is 24.0. The Hall–Kier alpha value is -1.37. The predicted molar refractivity (Wildman–Crippen MR) is 70.2 cm³/mol. The summed E-state index contributed by atoms with van der Waals surface area (Å²) in [7, 11) is -3.42. The van der Waals surface area contributed by atoms with Crippen LogP contribution < -0.4 is 10.6 Å². The minimum Gasteiger partial charge on any atom is -0.382 e. The molecular weight excluding hydrogens is 252 g/mol. The Balaban J connectivity index is 2.36. The molecule has 6 nitrogen and oxygen atoms in total. The molecule has 1 saturated heterocycles. The molecule has 1 aliphatic heterocycles. The van der Waals surface area contributed by atoms with E-state index in [-0.39, 0.29) is 10.7 Å². The lowest BCUT2D eigenvalue weighted by atomic mass is 10.4. The van der Waals surface area contributed by atoms with Crippen LogP contribution in [0.1, 0.15) is 26.7 Å². The Morgan fingerprint density at radius 1 is 1.33 bits per heavy atom. The molecule has 1 aliphatic rings. The highest BCUT2D eigenvalue weighted by Gasteiger charge is 2.25. The third kappa shape index (κ3) is 2.27. The lowest BCUT2D eigenvalue weighted by Gasteiger charge is -2.16. The quantitative estimate of drug-likeness (QED) is 0.875. The van der Waals surface area contributed by atoms with E-state index in [0.29, 0.717) is 5.95 Å². The lowest BCUT2D eigenvalue weighted by Crippen LogP contribution is -2.22. The summed E-state index contributed by atoms with van der Waals surface area (Å²) >= 11 is 0. The molecule has 2 N–H and O–H groups in total. The molecule has 18 heavy (non-hydrogen) atoms. The number of hydrogen-bond donors (Lipinski definition) is 1. The average molecular weight is 270 g/mol. The van der Waals surface area contributed by atoms with Crippen molar-refractivity contribution >= 4 is 21.6 Å². The summed E-state index contributed by atoms with van der Waals surface area (Å²) in [5, 5.41) is -0.527. The molecule has 0 atom stereocenters. The summed E-state index contributed by atoms with van der Waals surface area (Å²) in [5.74, 6) is 0.563. The van der Waals surface area contributed by atoms with Crippen molar-refractivity contribution in [3.8, 4) is 0 Å². The molecular formula is C11H18N4O2S. The van der Waals surface area contributed by atoms with Crippen LogP contribution in [0.3, 0.4) is 0 Å². The number of aromatic nitrogens is 2. The minimum atomic E-state index is -3.42. The molecule has 2 rings (SSSR count). The number of nitrogens with two attached hydrogens (primary N) is 1. The van der Waals surface area contributed by atoms with Crippen LogP contribution in [0, 0.1) is 0 Å². The molecule has 0 saturated carbocycles. The molecule has 7 heteroatoms. The molecule has 0 spiro atoms. The summed E-state index contributed by atoms with van der Waals surface area (Å²) in [4.78, 5) is 10.3. The maximum atomic E-state index is 12.0. The van der Waals surface area contributed by atoms with E-state index in [4.69, 9.17) is 5.73 Å². The van der Waals surface area contributed by atoms with Crippen LogP contribution in [0.2, 0.25) is 0 Å². The Labute approximate surface area is 107 Å². The van der Waals surface area contributed by atoms with Crippen LogP contribution in [-0.2, 0) is 9.84 Å². The number of rotatable bonds is 3. The van der Waals surface area contributed by atoms with Gasteiger partial charge in [0.15, 0.2) is 9.84 Å². The van der Waals surface area contributed by atoms with E-state index in [2.05, 4.69) is 9.97 Å². The highest BCUT2D eigenvalue weighted by molar-refractivity contribution is 7.92. The first-order valence-corrected chi connectivity index (χ1v) is 7.59. The number of sulfone groups is 1. The first kappa shape index (κ1) is 13.1. The second-order valence-electron chi connectivity index (χ2n) is 4.71. The third-order valence-electron chi connectivity index (χ3n) is 3.09. The summed E-state index contributed by atoms with van der Waals surface area (Å²) in [6.07, 6.45) is 3.54.